The number of hydrogen-bond donors (Lipinski definition) is 1. The minimum absolute atomic E-state index is 0.0591. The number of carboxylic acids is 1. The molecular formula is C29H46O4. The zero-order valence-electron chi connectivity index (χ0n) is 21.8. The van der Waals surface area contributed by atoms with Gasteiger partial charge in [0.1, 0.15) is 6.10 Å². The molecule has 0 radical (unpaired) electrons. The van der Waals surface area contributed by atoms with E-state index in [0.29, 0.717) is 45.8 Å². The topological polar surface area (TPSA) is 63.6 Å². The lowest BCUT2D eigenvalue weighted by Gasteiger charge is -2.63. The molecule has 33 heavy (non-hydrogen) atoms. The first kappa shape index (κ1) is 23.7. The number of carboxylic acid groups (broad SMARTS) is 1. The Labute approximate surface area is 200 Å². The Balaban J connectivity index is 1.41. The Morgan fingerprint density at radius 3 is 2.24 bits per heavy atom. The molecule has 3 unspecified atom stereocenters. The van der Waals surface area contributed by atoms with Crippen molar-refractivity contribution < 1.29 is 19.4 Å². The van der Waals surface area contributed by atoms with E-state index in [1.165, 1.54) is 51.4 Å². The minimum atomic E-state index is -0.652. The van der Waals surface area contributed by atoms with Gasteiger partial charge in [-0.3, -0.25) is 9.59 Å². The number of carbonyl (C=O) groups excluding carboxylic acids is 1. The van der Waals surface area contributed by atoms with Crippen molar-refractivity contribution in [3.8, 4) is 0 Å². The maximum absolute atomic E-state index is 11.8. The molecule has 0 heterocycles. The first-order valence-electron chi connectivity index (χ1n) is 13.7. The smallest absolute Gasteiger partial charge is 0.303 e. The summed E-state index contributed by atoms with van der Waals surface area (Å²) in [5.74, 6) is 1.84. The highest BCUT2D eigenvalue weighted by Gasteiger charge is 2.82. The Bertz CT molecular complexity index is 849. The third kappa shape index (κ3) is 2.94. The molecule has 0 saturated heterocycles. The molecule has 0 aliphatic heterocycles. The van der Waals surface area contributed by atoms with Gasteiger partial charge in [0.15, 0.2) is 0 Å². The van der Waals surface area contributed by atoms with Gasteiger partial charge in [-0.1, -0.05) is 34.6 Å². The molecular weight excluding hydrogens is 412 g/mol. The fraction of sp³-hybridized carbons (Fsp3) is 0.931. The van der Waals surface area contributed by atoms with Gasteiger partial charge in [-0.15, -0.1) is 0 Å². The summed E-state index contributed by atoms with van der Waals surface area (Å²) in [5, 5.41) is 9.24. The third-order valence-electron chi connectivity index (χ3n) is 12.9. The van der Waals surface area contributed by atoms with Crippen LogP contribution >= 0.6 is 0 Å². The largest absolute Gasteiger partial charge is 0.481 e. The Kier molecular flexibility index (Phi) is 5.19. The van der Waals surface area contributed by atoms with Crippen LogP contribution in [0.15, 0.2) is 0 Å². The number of ether oxygens (including phenoxy) is 1. The van der Waals surface area contributed by atoms with E-state index in [2.05, 4.69) is 34.6 Å². The van der Waals surface area contributed by atoms with Crippen LogP contribution in [-0.4, -0.2) is 23.1 Å². The summed E-state index contributed by atoms with van der Waals surface area (Å²) in [6.45, 7) is 13.9. The molecule has 1 N–H and O–H groups in total. The minimum Gasteiger partial charge on any atom is -0.481 e. The summed E-state index contributed by atoms with van der Waals surface area (Å²) >= 11 is 0. The highest BCUT2D eigenvalue weighted by molar-refractivity contribution is 5.66. The van der Waals surface area contributed by atoms with Gasteiger partial charge in [0.2, 0.25) is 0 Å². The van der Waals surface area contributed by atoms with Crippen molar-refractivity contribution in [2.75, 3.05) is 0 Å². The van der Waals surface area contributed by atoms with Crippen molar-refractivity contribution in [2.45, 2.75) is 118 Å². The molecule has 5 saturated carbocycles. The Morgan fingerprint density at radius 1 is 0.909 bits per heavy atom. The summed E-state index contributed by atoms with van der Waals surface area (Å²) in [6, 6.07) is 0. The maximum Gasteiger partial charge on any atom is 0.303 e. The second-order valence-electron chi connectivity index (χ2n) is 14.0. The van der Waals surface area contributed by atoms with E-state index < -0.39 is 5.97 Å². The number of hydrogen-bond acceptors (Lipinski definition) is 3. The summed E-state index contributed by atoms with van der Waals surface area (Å²) in [5.41, 5.74) is 1.74. The summed E-state index contributed by atoms with van der Waals surface area (Å²) < 4.78 is 5.86. The summed E-state index contributed by atoms with van der Waals surface area (Å²) in [6.07, 6.45) is 12.7. The second kappa shape index (κ2) is 7.23. The number of carbonyl (C=O) groups is 2. The normalized spacial score (nSPS) is 50.2. The van der Waals surface area contributed by atoms with Gasteiger partial charge in [0.05, 0.1) is 0 Å². The molecule has 0 aromatic heterocycles. The van der Waals surface area contributed by atoms with Crippen molar-refractivity contribution in [3.05, 3.63) is 0 Å². The average molecular weight is 459 g/mol. The van der Waals surface area contributed by atoms with E-state index >= 15 is 0 Å². The molecule has 5 aliphatic rings. The molecule has 0 amide bonds. The molecule has 0 aromatic carbocycles. The van der Waals surface area contributed by atoms with Crippen molar-refractivity contribution in [1.29, 1.82) is 0 Å². The van der Waals surface area contributed by atoms with E-state index in [4.69, 9.17) is 4.74 Å². The van der Waals surface area contributed by atoms with Gasteiger partial charge in [0.25, 0.3) is 0 Å². The van der Waals surface area contributed by atoms with Gasteiger partial charge >= 0.3 is 11.9 Å². The standard InChI is InChI=1S/C29H46O4/c1-18(7-10-24(31)32)20-11-13-27(6)22-9-8-21-25(3,4)23(33-19(2)30)12-14-28(21)17-29(22,28)16-15-26(20,27)5/h18,20-23H,7-17H2,1-6H3,(H,31,32)/t18-,20-,21+,22?,23+,26?,27+,28?,29+/m1/s1. The average Bonchev–Trinajstić information content (AvgIpc) is 3.31. The van der Waals surface area contributed by atoms with Crippen LogP contribution in [0.1, 0.15) is 112 Å². The number of esters is 1. The van der Waals surface area contributed by atoms with Gasteiger partial charge in [-0.25, -0.2) is 0 Å². The van der Waals surface area contributed by atoms with Gasteiger partial charge in [-0.2, -0.15) is 0 Å². The molecule has 0 aromatic rings. The second-order valence-corrected chi connectivity index (χ2v) is 14.0. The number of fused-ring (bicyclic) bond motifs is 2. The van der Waals surface area contributed by atoms with E-state index in [-0.39, 0.29) is 17.5 Å². The Morgan fingerprint density at radius 2 is 1.58 bits per heavy atom. The van der Waals surface area contributed by atoms with Crippen LogP contribution < -0.4 is 0 Å². The molecule has 186 valence electrons. The molecule has 5 rings (SSSR count). The quantitative estimate of drug-likeness (QED) is 0.457. The van der Waals surface area contributed by atoms with E-state index in [1.807, 2.05) is 0 Å². The lowest BCUT2D eigenvalue weighted by atomic mass is 9.41. The number of aliphatic carboxylic acids is 1. The van der Waals surface area contributed by atoms with Crippen molar-refractivity contribution >= 4 is 11.9 Å². The van der Waals surface area contributed by atoms with Crippen LogP contribution in [0, 0.1) is 50.7 Å². The molecule has 4 nitrogen and oxygen atoms in total. The first-order chi connectivity index (χ1) is 15.3. The highest BCUT2D eigenvalue weighted by Crippen LogP contribution is 2.89. The summed E-state index contributed by atoms with van der Waals surface area (Å²) in [7, 11) is 0. The maximum atomic E-state index is 11.8. The van der Waals surface area contributed by atoms with Crippen LogP contribution in [-0.2, 0) is 14.3 Å². The van der Waals surface area contributed by atoms with Crippen LogP contribution in [0.2, 0.25) is 0 Å². The Hall–Kier alpha value is -1.06. The van der Waals surface area contributed by atoms with Crippen LogP contribution in [0.5, 0.6) is 0 Å². The van der Waals surface area contributed by atoms with Crippen LogP contribution in [0.25, 0.3) is 0 Å². The van der Waals surface area contributed by atoms with Crippen molar-refractivity contribution in [3.63, 3.8) is 0 Å². The third-order valence-corrected chi connectivity index (χ3v) is 12.9. The molecule has 2 spiro atoms. The van der Waals surface area contributed by atoms with E-state index in [0.717, 1.165) is 18.8 Å². The van der Waals surface area contributed by atoms with Crippen molar-refractivity contribution in [2.24, 2.45) is 50.7 Å². The zero-order valence-corrected chi connectivity index (χ0v) is 21.8. The van der Waals surface area contributed by atoms with E-state index in [1.54, 1.807) is 6.92 Å². The fourth-order valence-electron chi connectivity index (χ4n) is 11.3. The summed E-state index contributed by atoms with van der Waals surface area (Å²) in [4.78, 5) is 23.0. The molecule has 5 fully saturated rings. The lowest BCUT2D eigenvalue weighted by Crippen LogP contribution is -2.58. The predicted molar refractivity (Wildman–Crippen MR) is 128 cm³/mol. The lowest BCUT2D eigenvalue weighted by molar-refractivity contribution is -0.181. The highest BCUT2D eigenvalue weighted by atomic mass is 16.5. The van der Waals surface area contributed by atoms with Gasteiger partial charge in [-0.05, 0) is 110 Å². The number of rotatable bonds is 5. The van der Waals surface area contributed by atoms with Crippen molar-refractivity contribution in [1.82, 2.24) is 0 Å². The predicted octanol–water partition coefficient (Wildman–Crippen LogP) is 6.86. The van der Waals surface area contributed by atoms with Crippen LogP contribution in [0.3, 0.4) is 0 Å². The molecule has 5 aliphatic carbocycles. The fourth-order valence-corrected chi connectivity index (χ4v) is 11.3. The SMILES string of the molecule is CC(=O)O[C@H]1CCC23C[C@]24CCC2(C)[C@@H]([C@H](C)CCC(=O)O)CC[C@@]2(C)C4CC[C@H]3C1(C)C. The molecule has 4 heteroatoms. The first-order valence-corrected chi connectivity index (χ1v) is 13.7. The zero-order chi connectivity index (χ0) is 24.0. The molecule has 0 bridgehead atoms. The van der Waals surface area contributed by atoms with Crippen LogP contribution in [0.4, 0.5) is 0 Å². The van der Waals surface area contributed by atoms with E-state index in [9.17, 15) is 14.7 Å². The van der Waals surface area contributed by atoms with Gasteiger partial charge < -0.3 is 9.84 Å². The molecule has 9 atom stereocenters. The monoisotopic (exact) mass is 458 g/mol. The van der Waals surface area contributed by atoms with Gasteiger partial charge in [0, 0.05) is 18.8 Å².